The predicted molar refractivity (Wildman–Crippen MR) is 144 cm³/mol. The van der Waals surface area contributed by atoms with Gasteiger partial charge >= 0.3 is 6.03 Å². The number of ether oxygens (including phenoxy) is 1. The van der Waals surface area contributed by atoms with Crippen LogP contribution < -0.4 is 20.7 Å². The number of hydrogen-bond acceptors (Lipinski definition) is 5. The highest BCUT2D eigenvalue weighted by molar-refractivity contribution is 6.34. The van der Waals surface area contributed by atoms with Crippen molar-refractivity contribution in [1.29, 1.82) is 0 Å². The summed E-state index contributed by atoms with van der Waals surface area (Å²) in [6, 6.07) is 12.9. The van der Waals surface area contributed by atoms with E-state index in [1.165, 1.54) is 42.2 Å². The van der Waals surface area contributed by atoms with E-state index in [-0.39, 0.29) is 29.0 Å². The summed E-state index contributed by atoms with van der Waals surface area (Å²) >= 11 is 12.3. The van der Waals surface area contributed by atoms with Crippen LogP contribution >= 0.6 is 23.2 Å². The molecule has 0 unspecified atom stereocenters. The van der Waals surface area contributed by atoms with Crippen molar-refractivity contribution >= 4 is 46.6 Å². The Morgan fingerprint density at radius 3 is 2.34 bits per heavy atom. The van der Waals surface area contributed by atoms with Crippen LogP contribution in [-0.4, -0.2) is 33.8 Å². The fourth-order valence-corrected chi connectivity index (χ4v) is 3.94. The first-order valence-corrected chi connectivity index (χ1v) is 12.2. The number of anilines is 2. The van der Waals surface area contributed by atoms with Crippen molar-refractivity contribution in [1.82, 2.24) is 20.1 Å². The zero-order chi connectivity index (χ0) is 27.4. The van der Waals surface area contributed by atoms with Crippen LogP contribution in [0.4, 0.5) is 20.7 Å². The lowest BCUT2D eigenvalue weighted by Crippen LogP contribution is -2.22. The van der Waals surface area contributed by atoms with Gasteiger partial charge in [-0.1, -0.05) is 37.0 Å². The minimum absolute atomic E-state index is 0.0726. The Labute approximate surface area is 227 Å². The number of nitrogens with zero attached hydrogens (tertiary/aromatic N) is 3. The van der Waals surface area contributed by atoms with Gasteiger partial charge < -0.3 is 15.4 Å². The highest BCUT2D eigenvalue weighted by Gasteiger charge is 2.17. The van der Waals surface area contributed by atoms with E-state index in [2.05, 4.69) is 26.0 Å². The Bertz CT molecular complexity index is 1490. The monoisotopic (exact) mass is 556 g/mol. The molecule has 0 aliphatic rings. The summed E-state index contributed by atoms with van der Waals surface area (Å²) in [6.45, 7) is 3.93. The first-order valence-electron chi connectivity index (χ1n) is 11.4. The molecule has 0 radical (unpaired) electrons. The molecule has 9 nitrogen and oxygen atoms in total. The van der Waals surface area contributed by atoms with Gasteiger partial charge in [0, 0.05) is 41.5 Å². The van der Waals surface area contributed by atoms with E-state index in [1.807, 2.05) is 13.8 Å². The average Bonchev–Trinajstić information content (AvgIpc) is 3.29. The summed E-state index contributed by atoms with van der Waals surface area (Å²) < 4.78 is 22.0. The lowest BCUT2D eigenvalue weighted by atomic mass is 10.1. The molecule has 0 bridgehead atoms. The Balaban J connectivity index is 1.50. The fraction of sp³-hybridized carbons (Fsp3) is 0.154. The van der Waals surface area contributed by atoms with Gasteiger partial charge in [0.25, 0.3) is 5.91 Å². The molecule has 0 fully saturated rings. The molecular formula is C26H23Cl2FN6O3. The molecule has 12 heteroatoms. The van der Waals surface area contributed by atoms with Crippen molar-refractivity contribution in [2.24, 2.45) is 0 Å². The lowest BCUT2D eigenvalue weighted by Gasteiger charge is -2.12. The normalized spacial score (nSPS) is 10.8. The third kappa shape index (κ3) is 6.39. The summed E-state index contributed by atoms with van der Waals surface area (Å²) in [6.07, 6.45) is 1.41. The Hall–Kier alpha value is -4.15. The highest BCUT2D eigenvalue weighted by Crippen LogP contribution is 2.28. The maximum Gasteiger partial charge on any atom is 0.324 e. The van der Waals surface area contributed by atoms with Gasteiger partial charge in [-0.2, -0.15) is 5.10 Å². The molecule has 196 valence electrons. The van der Waals surface area contributed by atoms with Crippen molar-refractivity contribution in [3.8, 4) is 17.2 Å². The largest absolute Gasteiger partial charge is 0.457 e. The number of pyridine rings is 1. The Morgan fingerprint density at radius 2 is 1.68 bits per heavy atom. The number of amides is 3. The molecule has 2 heterocycles. The molecule has 2 aromatic carbocycles. The topological polar surface area (TPSA) is 110 Å². The molecule has 4 aromatic rings. The molecule has 0 aliphatic heterocycles. The van der Waals surface area contributed by atoms with Crippen LogP contribution in [0.3, 0.4) is 0 Å². The molecule has 38 heavy (non-hydrogen) atoms. The van der Waals surface area contributed by atoms with E-state index >= 15 is 0 Å². The molecule has 4 rings (SSSR count). The predicted octanol–water partition coefficient (Wildman–Crippen LogP) is 6.63. The van der Waals surface area contributed by atoms with Gasteiger partial charge in [0.05, 0.1) is 17.1 Å². The molecule has 0 atom stereocenters. The number of rotatable bonds is 7. The van der Waals surface area contributed by atoms with Crippen molar-refractivity contribution in [2.75, 3.05) is 17.7 Å². The van der Waals surface area contributed by atoms with Crippen molar-refractivity contribution in [3.05, 3.63) is 88.0 Å². The Kier molecular flexibility index (Phi) is 8.13. The summed E-state index contributed by atoms with van der Waals surface area (Å²) in [5.74, 6) is -0.225. The molecule has 3 amide bonds. The van der Waals surface area contributed by atoms with E-state index in [9.17, 15) is 14.0 Å². The molecule has 0 saturated carbocycles. The quantitative estimate of drug-likeness (QED) is 0.236. The summed E-state index contributed by atoms with van der Waals surface area (Å²) in [4.78, 5) is 28.5. The molecule has 2 aromatic heterocycles. The van der Waals surface area contributed by atoms with Crippen LogP contribution in [0.2, 0.25) is 10.0 Å². The van der Waals surface area contributed by atoms with Gasteiger partial charge in [-0.15, -0.1) is 0 Å². The van der Waals surface area contributed by atoms with Crippen molar-refractivity contribution < 1.29 is 18.7 Å². The highest BCUT2D eigenvalue weighted by atomic mass is 35.5. The van der Waals surface area contributed by atoms with E-state index in [0.717, 1.165) is 11.8 Å². The third-order valence-corrected chi connectivity index (χ3v) is 5.71. The smallest absolute Gasteiger partial charge is 0.324 e. The fourth-order valence-electron chi connectivity index (χ4n) is 3.42. The van der Waals surface area contributed by atoms with E-state index in [0.29, 0.717) is 27.3 Å². The van der Waals surface area contributed by atoms with Gasteiger partial charge in [-0.25, -0.2) is 13.9 Å². The number of carbonyl (C=O) groups is 2. The summed E-state index contributed by atoms with van der Waals surface area (Å²) in [7, 11) is 1.48. The Morgan fingerprint density at radius 1 is 0.974 bits per heavy atom. The zero-order valence-electron chi connectivity index (χ0n) is 20.6. The van der Waals surface area contributed by atoms with E-state index < -0.39 is 11.8 Å². The maximum atomic E-state index is 14.8. The van der Waals surface area contributed by atoms with Crippen LogP contribution in [0, 0.1) is 5.82 Å². The van der Waals surface area contributed by atoms with Crippen LogP contribution in [0.1, 0.15) is 35.9 Å². The standard InChI is InChI=1S/C26H23Cl2FN6O3/c1-14(2)22-13-24(35(34-22)17-9-15(27)8-16(28)10-17)33-26(37)32-21-5-4-18(11-20(21)29)38-19-6-7-31-23(12-19)25(36)30-3/h4-14H,1-3H3,(H,30,36)(H2,32,33,37). The zero-order valence-corrected chi connectivity index (χ0v) is 22.1. The SMILES string of the molecule is CNC(=O)c1cc(Oc2ccc(NC(=O)Nc3cc(C(C)C)nn3-c3cc(Cl)cc(Cl)c3)c(F)c2)ccn1. The second-order valence-corrected chi connectivity index (χ2v) is 9.30. The van der Waals surface area contributed by atoms with Crippen molar-refractivity contribution in [3.63, 3.8) is 0 Å². The number of urea groups is 1. The number of hydrogen-bond donors (Lipinski definition) is 3. The average molecular weight is 557 g/mol. The number of benzene rings is 2. The van der Waals surface area contributed by atoms with Crippen LogP contribution in [-0.2, 0) is 0 Å². The number of halogens is 3. The second kappa shape index (κ2) is 11.5. The first kappa shape index (κ1) is 26.9. The maximum absolute atomic E-state index is 14.8. The molecule has 0 spiro atoms. The van der Waals surface area contributed by atoms with Gasteiger partial charge in [0.2, 0.25) is 0 Å². The van der Waals surface area contributed by atoms with Crippen LogP contribution in [0.25, 0.3) is 5.69 Å². The molecule has 3 N–H and O–H groups in total. The minimum Gasteiger partial charge on any atom is -0.457 e. The number of carbonyl (C=O) groups excluding carboxylic acids is 2. The third-order valence-electron chi connectivity index (χ3n) is 5.27. The number of aromatic nitrogens is 3. The van der Waals surface area contributed by atoms with Gasteiger partial charge in [-0.05, 0) is 42.3 Å². The second-order valence-electron chi connectivity index (χ2n) is 8.43. The molecule has 0 aliphatic carbocycles. The van der Waals surface area contributed by atoms with Gasteiger partial charge in [-0.3, -0.25) is 15.1 Å². The summed E-state index contributed by atoms with van der Waals surface area (Å²) in [5, 5.41) is 13.0. The first-order chi connectivity index (χ1) is 18.1. The van der Waals surface area contributed by atoms with Gasteiger partial charge in [0.1, 0.15) is 28.8 Å². The summed E-state index contributed by atoms with van der Waals surface area (Å²) in [5.41, 5.74) is 1.35. The number of nitrogens with one attached hydrogen (secondary N) is 3. The minimum atomic E-state index is -0.726. The van der Waals surface area contributed by atoms with E-state index in [1.54, 1.807) is 24.3 Å². The van der Waals surface area contributed by atoms with E-state index in [4.69, 9.17) is 27.9 Å². The van der Waals surface area contributed by atoms with Crippen LogP contribution in [0.15, 0.2) is 60.8 Å². The molecular weight excluding hydrogens is 534 g/mol. The lowest BCUT2D eigenvalue weighted by molar-refractivity contribution is 0.0957. The van der Waals surface area contributed by atoms with Crippen molar-refractivity contribution in [2.45, 2.75) is 19.8 Å². The van der Waals surface area contributed by atoms with Crippen LogP contribution in [0.5, 0.6) is 11.5 Å². The molecule has 0 saturated heterocycles. The van der Waals surface area contributed by atoms with Gasteiger partial charge in [0.15, 0.2) is 0 Å².